The van der Waals surface area contributed by atoms with Crippen molar-refractivity contribution in [3.05, 3.63) is 42.4 Å². The maximum atomic E-state index is 11.3. The Labute approximate surface area is 224 Å². The molecule has 7 nitrogen and oxygen atoms in total. The standard InChI is InChI=1S/C19H24N2OS.C10H16N2O2/c1-2-15(22)11-7-4-8-12-17-18(23-17)19-20-13-16(21-19)14-9-5-3-6-10-14;1-7(13)12-5-10(6-12)3-8(4-10)2-9(11)14/h3,5-6,9-10,13,17-18H,2,4,7-8,11-12H2,1H3,(H,20,21);8H,2-6H2,1H3,(H2,11,14). The monoisotopic (exact) mass is 524 g/mol. The van der Waals surface area contributed by atoms with Crippen molar-refractivity contribution in [1.82, 2.24) is 14.9 Å². The average Bonchev–Trinajstić information content (AvgIpc) is 3.43. The van der Waals surface area contributed by atoms with Crippen LogP contribution in [0.5, 0.6) is 0 Å². The zero-order valence-corrected chi connectivity index (χ0v) is 22.9. The van der Waals surface area contributed by atoms with Crippen molar-refractivity contribution in [1.29, 1.82) is 0 Å². The number of nitrogens with two attached hydrogens (primary N) is 1. The van der Waals surface area contributed by atoms with Crippen LogP contribution in [-0.4, -0.2) is 50.8 Å². The second-order valence-electron chi connectivity index (χ2n) is 11.0. The Morgan fingerprint density at radius 2 is 1.86 bits per heavy atom. The van der Waals surface area contributed by atoms with Crippen LogP contribution in [0.25, 0.3) is 11.3 Å². The molecule has 0 radical (unpaired) electrons. The number of imidazole rings is 1. The zero-order chi connectivity index (χ0) is 26.4. The summed E-state index contributed by atoms with van der Waals surface area (Å²) in [6.07, 6.45) is 10.7. The van der Waals surface area contributed by atoms with Crippen LogP contribution >= 0.6 is 11.8 Å². The molecule has 3 aliphatic rings. The van der Waals surface area contributed by atoms with E-state index in [-0.39, 0.29) is 11.8 Å². The fourth-order valence-corrected chi connectivity index (χ4v) is 6.81. The van der Waals surface area contributed by atoms with E-state index in [1.165, 1.54) is 24.8 Å². The Hall–Kier alpha value is -2.61. The molecule has 2 aliphatic heterocycles. The van der Waals surface area contributed by atoms with Crippen molar-refractivity contribution < 1.29 is 14.4 Å². The van der Waals surface area contributed by atoms with Gasteiger partial charge in [0.2, 0.25) is 11.8 Å². The normalized spacial score (nSPS) is 21.4. The van der Waals surface area contributed by atoms with Crippen LogP contribution in [0.2, 0.25) is 0 Å². The maximum Gasteiger partial charge on any atom is 0.219 e. The highest BCUT2D eigenvalue weighted by Gasteiger charge is 2.52. The number of carbonyl (C=O) groups excluding carboxylic acids is 3. The van der Waals surface area contributed by atoms with Gasteiger partial charge in [0.25, 0.3) is 0 Å². The van der Waals surface area contributed by atoms with Crippen LogP contribution < -0.4 is 5.73 Å². The lowest BCUT2D eigenvalue weighted by Crippen LogP contribution is -2.63. The minimum Gasteiger partial charge on any atom is -0.370 e. The van der Waals surface area contributed by atoms with Crippen molar-refractivity contribution in [2.24, 2.45) is 17.1 Å². The van der Waals surface area contributed by atoms with Gasteiger partial charge in [0.15, 0.2) is 0 Å². The molecule has 3 fully saturated rings. The van der Waals surface area contributed by atoms with Crippen LogP contribution in [0.4, 0.5) is 0 Å². The number of nitrogens with one attached hydrogen (secondary N) is 1. The molecule has 1 spiro atoms. The number of hydrogen-bond acceptors (Lipinski definition) is 5. The quantitative estimate of drug-likeness (QED) is 0.307. The molecule has 1 aromatic heterocycles. The summed E-state index contributed by atoms with van der Waals surface area (Å²) >= 11 is 2.01. The minimum absolute atomic E-state index is 0.161. The predicted octanol–water partition coefficient (Wildman–Crippen LogP) is 5.28. The number of aromatic amines is 1. The molecule has 200 valence electrons. The summed E-state index contributed by atoms with van der Waals surface area (Å²) in [5.41, 5.74) is 7.77. The number of hydrogen-bond donors (Lipinski definition) is 2. The first-order chi connectivity index (χ1) is 17.8. The van der Waals surface area contributed by atoms with Crippen molar-refractivity contribution in [3.63, 3.8) is 0 Å². The molecule has 8 heteroatoms. The van der Waals surface area contributed by atoms with Gasteiger partial charge in [-0.3, -0.25) is 14.4 Å². The van der Waals surface area contributed by atoms with Crippen LogP contribution in [-0.2, 0) is 14.4 Å². The summed E-state index contributed by atoms with van der Waals surface area (Å²) < 4.78 is 0. The molecule has 3 heterocycles. The molecule has 1 saturated carbocycles. The summed E-state index contributed by atoms with van der Waals surface area (Å²) in [5.74, 6) is 1.94. The molecule has 37 heavy (non-hydrogen) atoms. The number of amides is 2. The molecular formula is C29H40N4O3S. The van der Waals surface area contributed by atoms with E-state index in [1.54, 1.807) is 6.92 Å². The third-order valence-corrected chi connectivity index (χ3v) is 9.19. The fraction of sp³-hybridized carbons (Fsp3) is 0.586. The van der Waals surface area contributed by atoms with Crippen molar-refractivity contribution >= 4 is 29.4 Å². The number of likely N-dealkylation sites (tertiary alicyclic amines) is 1. The van der Waals surface area contributed by atoms with Gasteiger partial charge in [-0.1, -0.05) is 50.1 Å². The number of rotatable bonds is 11. The van der Waals surface area contributed by atoms with Crippen LogP contribution in [0.1, 0.15) is 82.7 Å². The second kappa shape index (κ2) is 12.3. The fourth-order valence-electron chi connectivity index (χ4n) is 5.71. The number of carbonyl (C=O) groups is 3. The van der Waals surface area contributed by atoms with Gasteiger partial charge in [-0.15, -0.1) is 11.8 Å². The molecule has 1 aliphatic carbocycles. The topological polar surface area (TPSA) is 109 Å². The number of ketones is 1. The first-order valence-electron chi connectivity index (χ1n) is 13.6. The maximum absolute atomic E-state index is 11.3. The highest BCUT2D eigenvalue weighted by molar-refractivity contribution is 8.07. The molecular weight excluding hydrogens is 484 g/mol. The SMILES string of the molecule is CC(=O)N1CC2(CC(CC(N)=O)C2)C1.CCC(=O)CCCCCC1SC1c1ncc(-c2ccccc2)[nH]1. The number of primary amides is 1. The van der Waals surface area contributed by atoms with Gasteiger partial charge in [0, 0.05) is 49.9 Å². The smallest absolute Gasteiger partial charge is 0.219 e. The summed E-state index contributed by atoms with van der Waals surface area (Å²) in [4.78, 5) is 42.8. The zero-order valence-electron chi connectivity index (χ0n) is 22.1. The Balaban J connectivity index is 0.000000195. The first-order valence-corrected chi connectivity index (χ1v) is 14.5. The lowest BCUT2D eigenvalue weighted by atomic mass is 9.57. The Bertz CT molecular complexity index is 1070. The molecule has 2 atom stereocenters. The van der Waals surface area contributed by atoms with Gasteiger partial charge >= 0.3 is 0 Å². The molecule has 5 rings (SSSR count). The van der Waals surface area contributed by atoms with Crippen molar-refractivity contribution in [2.75, 3.05) is 13.1 Å². The van der Waals surface area contributed by atoms with E-state index in [2.05, 4.69) is 22.1 Å². The van der Waals surface area contributed by atoms with Crippen LogP contribution in [0.3, 0.4) is 0 Å². The van der Waals surface area contributed by atoms with E-state index < -0.39 is 0 Å². The van der Waals surface area contributed by atoms with Gasteiger partial charge < -0.3 is 15.6 Å². The van der Waals surface area contributed by atoms with Gasteiger partial charge in [-0.25, -0.2) is 4.98 Å². The highest BCUT2D eigenvalue weighted by Crippen LogP contribution is 2.56. The van der Waals surface area contributed by atoms with E-state index in [0.29, 0.717) is 40.5 Å². The summed E-state index contributed by atoms with van der Waals surface area (Å²) in [6, 6.07) is 10.3. The molecule has 3 N–H and O–H groups in total. The van der Waals surface area contributed by atoms with Crippen molar-refractivity contribution in [3.8, 4) is 11.3 Å². The molecule has 2 unspecified atom stereocenters. The molecule has 2 saturated heterocycles. The number of Topliss-reactive ketones (excluding diaryl/α,β-unsaturated/α-hetero) is 1. The largest absolute Gasteiger partial charge is 0.370 e. The molecule has 0 bridgehead atoms. The Kier molecular flexibility index (Phi) is 9.11. The second-order valence-corrected chi connectivity index (χ2v) is 12.3. The molecule has 2 amide bonds. The number of unbranched alkanes of at least 4 members (excludes halogenated alkanes) is 2. The lowest BCUT2D eigenvalue weighted by Gasteiger charge is -2.59. The molecule has 2 aromatic rings. The predicted molar refractivity (Wildman–Crippen MR) is 148 cm³/mol. The lowest BCUT2D eigenvalue weighted by molar-refractivity contribution is -0.154. The van der Waals surface area contributed by atoms with Crippen LogP contribution in [0.15, 0.2) is 36.5 Å². The van der Waals surface area contributed by atoms with Crippen LogP contribution in [0, 0.1) is 11.3 Å². The van der Waals surface area contributed by atoms with E-state index in [4.69, 9.17) is 5.73 Å². The van der Waals surface area contributed by atoms with Gasteiger partial charge in [-0.05, 0) is 37.2 Å². The van der Waals surface area contributed by atoms with Gasteiger partial charge in [-0.2, -0.15) is 0 Å². The van der Waals surface area contributed by atoms with E-state index in [1.807, 2.05) is 48.0 Å². The summed E-state index contributed by atoms with van der Waals surface area (Å²) in [7, 11) is 0. The first kappa shape index (κ1) is 27.4. The van der Waals surface area contributed by atoms with Crippen molar-refractivity contribution in [2.45, 2.75) is 82.1 Å². The highest BCUT2D eigenvalue weighted by atomic mass is 32.2. The van der Waals surface area contributed by atoms with E-state index >= 15 is 0 Å². The number of thioether (sulfide) groups is 1. The number of nitrogens with zero attached hydrogens (tertiary/aromatic N) is 2. The van der Waals surface area contributed by atoms with Gasteiger partial charge in [0.1, 0.15) is 11.6 Å². The van der Waals surface area contributed by atoms with Gasteiger partial charge in [0.05, 0.1) is 17.1 Å². The minimum atomic E-state index is -0.201. The third kappa shape index (κ3) is 7.46. The van der Waals surface area contributed by atoms with E-state index in [0.717, 1.165) is 50.3 Å². The number of benzene rings is 1. The number of H-pyrrole nitrogens is 1. The third-order valence-electron chi connectivity index (χ3n) is 7.80. The average molecular weight is 525 g/mol. The number of aromatic nitrogens is 2. The Morgan fingerprint density at radius 1 is 1.14 bits per heavy atom. The molecule has 1 aromatic carbocycles. The summed E-state index contributed by atoms with van der Waals surface area (Å²) in [6.45, 7) is 5.32. The summed E-state index contributed by atoms with van der Waals surface area (Å²) in [5, 5.41) is 1.23. The van der Waals surface area contributed by atoms with E-state index in [9.17, 15) is 14.4 Å². The Morgan fingerprint density at radius 3 is 2.51 bits per heavy atom.